The molecule has 1 heterocycles. The van der Waals surface area contributed by atoms with Crippen molar-refractivity contribution in [1.29, 1.82) is 0 Å². The molecule has 2 N–H and O–H groups in total. The number of amides is 2. The highest BCUT2D eigenvalue weighted by Crippen LogP contribution is 2.20. The Kier molecular flexibility index (Phi) is 6.48. The quantitative estimate of drug-likeness (QED) is 0.753. The minimum atomic E-state index is -0.431. The number of carbonyl (C=O) groups excluding carboxylic acids is 2. The first-order chi connectivity index (χ1) is 11.4. The summed E-state index contributed by atoms with van der Waals surface area (Å²) in [5.74, 6) is -0.431. The SMILES string of the molecule is CCOC(=O)C1=C(CN(C)Cc2cc(Cl)cc(Cl)c2)NC(=O)NC1. The lowest BCUT2D eigenvalue weighted by Gasteiger charge is -2.25. The average molecular weight is 372 g/mol. The van der Waals surface area contributed by atoms with Crippen molar-refractivity contribution in [2.45, 2.75) is 13.5 Å². The van der Waals surface area contributed by atoms with Crippen molar-refractivity contribution in [3.8, 4) is 0 Å². The first-order valence-electron chi connectivity index (χ1n) is 7.46. The van der Waals surface area contributed by atoms with Gasteiger partial charge >= 0.3 is 12.0 Å². The third kappa shape index (κ3) is 5.12. The number of nitrogens with one attached hydrogen (secondary N) is 2. The monoisotopic (exact) mass is 371 g/mol. The highest BCUT2D eigenvalue weighted by Gasteiger charge is 2.24. The summed E-state index contributed by atoms with van der Waals surface area (Å²) in [7, 11) is 1.87. The molecule has 0 aliphatic carbocycles. The molecule has 130 valence electrons. The fraction of sp³-hybridized carbons (Fsp3) is 0.375. The summed E-state index contributed by atoms with van der Waals surface area (Å²) >= 11 is 12.0. The fourth-order valence-corrected chi connectivity index (χ4v) is 2.99. The largest absolute Gasteiger partial charge is 0.463 e. The van der Waals surface area contributed by atoms with Gasteiger partial charge in [0.1, 0.15) is 0 Å². The maximum atomic E-state index is 12.0. The third-order valence-electron chi connectivity index (χ3n) is 3.38. The van der Waals surface area contributed by atoms with Crippen LogP contribution in [0.3, 0.4) is 0 Å². The molecule has 0 unspecified atom stereocenters. The van der Waals surface area contributed by atoms with E-state index in [0.29, 0.717) is 34.4 Å². The van der Waals surface area contributed by atoms with Crippen LogP contribution in [0.4, 0.5) is 4.79 Å². The normalized spacial score (nSPS) is 14.5. The molecule has 2 rings (SSSR count). The Bertz CT molecular complexity index is 656. The van der Waals surface area contributed by atoms with Gasteiger partial charge in [0, 0.05) is 28.8 Å². The number of benzene rings is 1. The molecule has 0 fully saturated rings. The van der Waals surface area contributed by atoms with Crippen LogP contribution in [0.15, 0.2) is 29.5 Å². The predicted molar refractivity (Wildman–Crippen MR) is 93.0 cm³/mol. The number of esters is 1. The summed E-state index contributed by atoms with van der Waals surface area (Å²) in [5, 5.41) is 6.38. The summed E-state index contributed by atoms with van der Waals surface area (Å²) in [4.78, 5) is 25.5. The van der Waals surface area contributed by atoms with Gasteiger partial charge in [-0.05, 0) is 37.7 Å². The van der Waals surface area contributed by atoms with E-state index in [1.165, 1.54) is 0 Å². The summed E-state index contributed by atoms with van der Waals surface area (Å²) in [6, 6.07) is 4.98. The molecule has 1 aromatic carbocycles. The van der Waals surface area contributed by atoms with E-state index in [9.17, 15) is 9.59 Å². The first kappa shape index (κ1) is 18.6. The number of hydrogen-bond donors (Lipinski definition) is 2. The smallest absolute Gasteiger partial charge is 0.337 e. The van der Waals surface area contributed by atoms with Crippen LogP contribution in [0.5, 0.6) is 0 Å². The second-order valence-electron chi connectivity index (χ2n) is 5.44. The molecule has 1 aromatic rings. The van der Waals surface area contributed by atoms with E-state index in [0.717, 1.165) is 5.56 Å². The zero-order valence-corrected chi connectivity index (χ0v) is 15.0. The van der Waals surface area contributed by atoms with Gasteiger partial charge in [0.2, 0.25) is 0 Å². The highest BCUT2D eigenvalue weighted by molar-refractivity contribution is 6.34. The molecule has 0 saturated carbocycles. The molecule has 24 heavy (non-hydrogen) atoms. The van der Waals surface area contributed by atoms with Gasteiger partial charge in [-0.2, -0.15) is 0 Å². The van der Waals surface area contributed by atoms with Gasteiger partial charge in [-0.1, -0.05) is 23.2 Å². The second-order valence-corrected chi connectivity index (χ2v) is 6.31. The number of hydrogen-bond acceptors (Lipinski definition) is 4. The molecule has 0 aromatic heterocycles. The minimum Gasteiger partial charge on any atom is -0.463 e. The van der Waals surface area contributed by atoms with Gasteiger partial charge in [0.25, 0.3) is 0 Å². The van der Waals surface area contributed by atoms with Crippen molar-refractivity contribution in [3.05, 3.63) is 45.1 Å². The number of rotatable bonds is 6. The molecule has 1 aliphatic rings. The van der Waals surface area contributed by atoms with Crippen LogP contribution in [-0.2, 0) is 16.1 Å². The number of ether oxygens (including phenoxy) is 1. The lowest BCUT2D eigenvalue weighted by Crippen LogP contribution is -2.46. The number of urea groups is 1. The summed E-state index contributed by atoms with van der Waals surface area (Å²) in [5.41, 5.74) is 1.90. The molecule has 6 nitrogen and oxygen atoms in total. The number of halogens is 2. The van der Waals surface area contributed by atoms with Crippen LogP contribution in [0.1, 0.15) is 12.5 Å². The van der Waals surface area contributed by atoms with Gasteiger partial charge < -0.3 is 15.4 Å². The van der Waals surface area contributed by atoms with E-state index in [-0.39, 0.29) is 19.2 Å². The van der Waals surface area contributed by atoms with Crippen molar-refractivity contribution in [3.63, 3.8) is 0 Å². The Morgan fingerprint density at radius 2 is 1.92 bits per heavy atom. The van der Waals surface area contributed by atoms with Crippen LogP contribution >= 0.6 is 23.2 Å². The third-order valence-corrected chi connectivity index (χ3v) is 3.82. The lowest BCUT2D eigenvalue weighted by atomic mass is 10.1. The maximum absolute atomic E-state index is 12.0. The van der Waals surface area contributed by atoms with Gasteiger partial charge in [0.15, 0.2) is 0 Å². The van der Waals surface area contributed by atoms with Crippen molar-refractivity contribution in [1.82, 2.24) is 15.5 Å². The zero-order valence-electron chi connectivity index (χ0n) is 13.5. The minimum absolute atomic E-state index is 0.150. The number of nitrogens with zero attached hydrogens (tertiary/aromatic N) is 1. The summed E-state index contributed by atoms with van der Waals surface area (Å²) < 4.78 is 5.04. The molecule has 1 aliphatic heterocycles. The Morgan fingerprint density at radius 1 is 1.25 bits per heavy atom. The van der Waals surface area contributed by atoms with E-state index >= 15 is 0 Å². The van der Waals surface area contributed by atoms with E-state index in [2.05, 4.69) is 10.6 Å². The van der Waals surface area contributed by atoms with E-state index < -0.39 is 5.97 Å². The zero-order chi connectivity index (χ0) is 17.7. The average Bonchev–Trinajstić information content (AvgIpc) is 2.46. The molecule has 0 bridgehead atoms. The van der Waals surface area contributed by atoms with Crippen molar-refractivity contribution < 1.29 is 14.3 Å². The Morgan fingerprint density at radius 3 is 2.54 bits per heavy atom. The molecule has 0 spiro atoms. The van der Waals surface area contributed by atoms with Gasteiger partial charge in [-0.15, -0.1) is 0 Å². The molecule has 8 heteroatoms. The van der Waals surface area contributed by atoms with Crippen LogP contribution in [0.2, 0.25) is 10.0 Å². The fourth-order valence-electron chi connectivity index (χ4n) is 2.42. The van der Waals surface area contributed by atoms with Crippen LogP contribution in [0.25, 0.3) is 0 Å². The summed E-state index contributed by atoms with van der Waals surface area (Å²) in [6.45, 7) is 3.11. The lowest BCUT2D eigenvalue weighted by molar-refractivity contribution is -0.138. The first-order valence-corrected chi connectivity index (χ1v) is 8.22. The van der Waals surface area contributed by atoms with E-state index in [4.69, 9.17) is 27.9 Å². The Hall–Kier alpha value is -1.76. The molecule has 0 atom stereocenters. The second kappa shape index (κ2) is 8.37. The predicted octanol–water partition coefficient (Wildman–Crippen LogP) is 2.56. The Labute approximate surface area is 150 Å². The van der Waals surface area contributed by atoms with Crippen molar-refractivity contribution in [2.24, 2.45) is 0 Å². The Balaban J connectivity index is 2.12. The molecular formula is C16H19Cl2N3O3. The van der Waals surface area contributed by atoms with Crippen molar-refractivity contribution >= 4 is 35.2 Å². The van der Waals surface area contributed by atoms with E-state index in [1.807, 2.05) is 24.1 Å². The van der Waals surface area contributed by atoms with Crippen LogP contribution < -0.4 is 10.6 Å². The van der Waals surface area contributed by atoms with E-state index in [1.54, 1.807) is 13.0 Å². The highest BCUT2D eigenvalue weighted by atomic mass is 35.5. The standard InChI is InChI=1S/C16H19Cl2N3O3/c1-3-24-15(22)13-7-19-16(23)20-14(13)9-21(2)8-10-4-11(17)6-12(18)5-10/h4-6H,3,7-9H2,1-2H3,(H2,19,20,23). The number of likely N-dealkylation sites (N-methyl/N-ethyl adjacent to an activating group) is 1. The molecule has 0 radical (unpaired) electrons. The van der Waals surface area contributed by atoms with Crippen LogP contribution in [0, 0.1) is 0 Å². The molecule has 2 amide bonds. The number of carbonyl (C=O) groups is 2. The van der Waals surface area contributed by atoms with Gasteiger partial charge in [0.05, 0.1) is 18.7 Å². The van der Waals surface area contributed by atoms with Crippen molar-refractivity contribution in [2.75, 3.05) is 26.7 Å². The topological polar surface area (TPSA) is 70.7 Å². The van der Waals surface area contributed by atoms with Gasteiger partial charge in [-0.3, -0.25) is 4.90 Å². The van der Waals surface area contributed by atoms with Crippen LogP contribution in [-0.4, -0.2) is 43.6 Å². The molecular weight excluding hydrogens is 353 g/mol. The molecule has 0 saturated heterocycles. The van der Waals surface area contributed by atoms with Gasteiger partial charge in [-0.25, -0.2) is 9.59 Å². The maximum Gasteiger partial charge on any atom is 0.337 e. The summed E-state index contributed by atoms with van der Waals surface area (Å²) in [6.07, 6.45) is 0.